The maximum atomic E-state index is 2.81. The van der Waals surface area contributed by atoms with Crippen LogP contribution in [-0.2, 0) is 12.8 Å². The van der Waals surface area contributed by atoms with Gasteiger partial charge in [0.05, 0.1) is 12.1 Å². The fourth-order valence-electron chi connectivity index (χ4n) is 10.5. The van der Waals surface area contributed by atoms with Gasteiger partial charge in [0.25, 0.3) is 0 Å². The first-order chi connectivity index (χ1) is 28.4. The molecule has 0 heterocycles. The second-order valence-corrected chi connectivity index (χ2v) is 18.1. The summed E-state index contributed by atoms with van der Waals surface area (Å²) >= 11 is 0. The molecule has 58 heavy (non-hydrogen) atoms. The molecule has 1 heteroatoms. The van der Waals surface area contributed by atoms with Crippen LogP contribution in [0.3, 0.4) is 0 Å². The smallest absolute Gasteiger partial charge is 0.0568 e. The van der Waals surface area contributed by atoms with Crippen molar-refractivity contribution < 1.29 is 0 Å². The number of allylic oxidation sites excluding steroid dienone is 16. The van der Waals surface area contributed by atoms with E-state index in [1.807, 2.05) is 0 Å². The van der Waals surface area contributed by atoms with Crippen molar-refractivity contribution in [3.05, 3.63) is 189 Å². The van der Waals surface area contributed by atoms with Crippen molar-refractivity contribution in [1.29, 1.82) is 0 Å². The molecule has 0 saturated carbocycles. The van der Waals surface area contributed by atoms with E-state index in [1.54, 1.807) is 16.8 Å². The molecule has 2 aromatic carbocycles. The molecule has 0 spiro atoms. The van der Waals surface area contributed by atoms with Crippen LogP contribution in [-0.4, -0.2) is 17.0 Å². The number of rotatable bonds is 15. The summed E-state index contributed by atoms with van der Waals surface area (Å²) in [5, 5.41) is 0. The Morgan fingerprint density at radius 3 is 2.29 bits per heavy atom. The van der Waals surface area contributed by atoms with Crippen molar-refractivity contribution in [1.82, 2.24) is 4.90 Å². The van der Waals surface area contributed by atoms with E-state index in [1.165, 1.54) is 96.8 Å². The van der Waals surface area contributed by atoms with Crippen LogP contribution in [0.1, 0.15) is 133 Å². The molecule has 6 atom stereocenters. The molecule has 5 aliphatic rings. The second kappa shape index (κ2) is 20.6. The average Bonchev–Trinajstić information content (AvgIpc) is 3.27. The van der Waals surface area contributed by atoms with Gasteiger partial charge in [0, 0.05) is 11.6 Å². The minimum absolute atomic E-state index is 0.423. The molecule has 2 aromatic rings. The summed E-state index contributed by atoms with van der Waals surface area (Å²) in [6, 6.07) is 19.1. The highest BCUT2D eigenvalue weighted by atomic mass is 15.2. The van der Waals surface area contributed by atoms with Crippen LogP contribution in [0.4, 0.5) is 0 Å². The number of hydrogen-bond acceptors (Lipinski definition) is 1. The Bertz CT molecular complexity index is 2020. The Morgan fingerprint density at radius 1 is 0.776 bits per heavy atom. The van der Waals surface area contributed by atoms with Crippen molar-refractivity contribution in [3.63, 3.8) is 0 Å². The van der Waals surface area contributed by atoms with Crippen LogP contribution < -0.4 is 0 Å². The van der Waals surface area contributed by atoms with Gasteiger partial charge >= 0.3 is 0 Å². The number of hydrogen-bond donors (Lipinski definition) is 0. The first kappa shape index (κ1) is 41.8. The molecule has 7 rings (SSSR count). The summed E-state index contributed by atoms with van der Waals surface area (Å²) in [5.41, 5.74) is 15.0. The molecule has 0 saturated heterocycles. The van der Waals surface area contributed by atoms with E-state index in [0.29, 0.717) is 35.8 Å². The molecule has 1 nitrogen and oxygen atoms in total. The van der Waals surface area contributed by atoms with Crippen molar-refractivity contribution in [3.8, 4) is 0 Å². The predicted octanol–water partition coefficient (Wildman–Crippen LogP) is 15.3. The van der Waals surface area contributed by atoms with E-state index in [-0.39, 0.29) is 0 Å². The standard InChI is InChI=1S/C57H71N/c1-6-50-20-14-16-42(3)55(50)41-56(52-18-10-8-11-19-52)44(5)40-49-34-32-47(33-35-49)29-28-45-24-26-46(27-25-45)30-31-48-36-38-54(39-37-48)58(53-22-12-9-13-23-53)57-43(4)17-15-21-51(57)7-2/h8,10-11,14-22,24,26,28-31,34,36-38,44,47,51,54,56-57H,6-7,9,12-13,23,25,27,32-33,35,39-41H2,1-5H3/b29-28+,31-30+/t44-,47?,51?,54?,56-,57?/m1/s1. The monoisotopic (exact) mass is 770 g/mol. The molecular formula is C57H71N. The van der Waals surface area contributed by atoms with E-state index in [2.05, 4.69) is 173 Å². The Hall–Kier alpha value is -4.36. The van der Waals surface area contributed by atoms with E-state index < -0.39 is 0 Å². The van der Waals surface area contributed by atoms with Crippen LogP contribution >= 0.6 is 0 Å². The van der Waals surface area contributed by atoms with Crippen molar-refractivity contribution in [2.45, 2.75) is 143 Å². The van der Waals surface area contributed by atoms with Gasteiger partial charge < -0.3 is 4.90 Å². The highest BCUT2D eigenvalue weighted by Gasteiger charge is 2.34. The van der Waals surface area contributed by atoms with Crippen molar-refractivity contribution >= 4 is 0 Å². The number of benzene rings is 2. The van der Waals surface area contributed by atoms with Gasteiger partial charge in [-0.1, -0.05) is 166 Å². The fraction of sp³-hybridized carbons (Fsp3) is 0.439. The molecule has 0 radical (unpaired) electrons. The normalized spacial score (nSPS) is 24.8. The van der Waals surface area contributed by atoms with Crippen LogP contribution in [0.2, 0.25) is 0 Å². The number of nitrogens with zero attached hydrogens (tertiary/aromatic N) is 1. The van der Waals surface area contributed by atoms with Gasteiger partial charge in [0.2, 0.25) is 0 Å². The summed E-state index contributed by atoms with van der Waals surface area (Å²) in [7, 11) is 0. The first-order valence-electron chi connectivity index (χ1n) is 23.2. The lowest BCUT2D eigenvalue weighted by molar-refractivity contribution is 0.184. The Balaban J connectivity index is 0.920. The van der Waals surface area contributed by atoms with E-state index in [0.717, 1.165) is 32.1 Å². The minimum atomic E-state index is 0.423. The Labute approximate surface area is 353 Å². The Kier molecular flexibility index (Phi) is 14.8. The number of aryl methyl sites for hydroxylation is 2. The molecule has 4 unspecified atom stereocenters. The molecule has 0 aliphatic heterocycles. The topological polar surface area (TPSA) is 3.24 Å². The molecular weight excluding hydrogens is 699 g/mol. The molecule has 5 aliphatic carbocycles. The van der Waals surface area contributed by atoms with E-state index in [4.69, 9.17) is 0 Å². The maximum absolute atomic E-state index is 2.81. The molecule has 0 fully saturated rings. The third-order valence-corrected chi connectivity index (χ3v) is 14.1. The first-order valence-corrected chi connectivity index (χ1v) is 23.2. The van der Waals surface area contributed by atoms with Crippen LogP contribution in [0.15, 0.2) is 167 Å². The largest absolute Gasteiger partial charge is 0.361 e. The lowest BCUT2D eigenvalue weighted by Gasteiger charge is -2.46. The van der Waals surface area contributed by atoms with Crippen LogP contribution in [0.5, 0.6) is 0 Å². The molecule has 0 aromatic heterocycles. The minimum Gasteiger partial charge on any atom is -0.361 e. The van der Waals surface area contributed by atoms with E-state index >= 15 is 0 Å². The zero-order valence-corrected chi connectivity index (χ0v) is 36.5. The van der Waals surface area contributed by atoms with Crippen molar-refractivity contribution in [2.24, 2.45) is 17.8 Å². The van der Waals surface area contributed by atoms with Crippen LogP contribution in [0.25, 0.3) is 0 Å². The molecule has 0 N–H and O–H groups in total. The highest BCUT2D eigenvalue weighted by Crippen LogP contribution is 2.39. The second-order valence-electron chi connectivity index (χ2n) is 18.1. The quantitative estimate of drug-likeness (QED) is 0.163. The lowest BCUT2D eigenvalue weighted by Crippen LogP contribution is -2.47. The Morgan fingerprint density at radius 2 is 1.60 bits per heavy atom. The molecule has 304 valence electrons. The van der Waals surface area contributed by atoms with Gasteiger partial charge in [-0.2, -0.15) is 0 Å². The third kappa shape index (κ3) is 10.6. The summed E-state index contributed by atoms with van der Waals surface area (Å²) in [6.45, 7) is 11.8. The lowest BCUT2D eigenvalue weighted by atomic mass is 9.76. The average molecular weight is 770 g/mol. The summed E-state index contributed by atoms with van der Waals surface area (Å²) < 4.78 is 0. The van der Waals surface area contributed by atoms with Gasteiger partial charge in [-0.05, 0) is 160 Å². The van der Waals surface area contributed by atoms with Gasteiger partial charge in [-0.25, -0.2) is 0 Å². The molecule has 0 bridgehead atoms. The summed E-state index contributed by atoms with van der Waals surface area (Å²) in [5.74, 6) is 2.35. The third-order valence-electron chi connectivity index (χ3n) is 14.1. The summed E-state index contributed by atoms with van der Waals surface area (Å²) in [4.78, 5) is 2.81. The SMILES string of the molecule is CCc1cccc(C)c1C[C@@H](c1ccccc1)[C@H](C)CC1=CCC(/C=C/C2=CC=C(/C=C/C3=CCC(N(C4=CCCCC4)C4C(C)=CC=CC4CC)C=C3)CC2)CC1. The van der Waals surface area contributed by atoms with E-state index in [9.17, 15) is 0 Å². The van der Waals surface area contributed by atoms with Gasteiger partial charge in [0.1, 0.15) is 0 Å². The molecule has 0 amide bonds. The van der Waals surface area contributed by atoms with Gasteiger partial charge in [-0.15, -0.1) is 0 Å². The van der Waals surface area contributed by atoms with Gasteiger partial charge in [-0.3, -0.25) is 0 Å². The van der Waals surface area contributed by atoms with Crippen LogP contribution in [0, 0.1) is 24.7 Å². The van der Waals surface area contributed by atoms with Crippen molar-refractivity contribution in [2.75, 3.05) is 0 Å². The fourth-order valence-corrected chi connectivity index (χ4v) is 10.5. The van der Waals surface area contributed by atoms with Gasteiger partial charge in [0.15, 0.2) is 0 Å². The summed E-state index contributed by atoms with van der Waals surface area (Å²) in [6.07, 6.45) is 50.6. The zero-order chi connectivity index (χ0) is 40.3. The predicted molar refractivity (Wildman–Crippen MR) is 251 cm³/mol. The zero-order valence-electron chi connectivity index (χ0n) is 36.5. The maximum Gasteiger partial charge on any atom is 0.0568 e. The highest BCUT2D eigenvalue weighted by molar-refractivity contribution is 5.42.